The van der Waals surface area contributed by atoms with Crippen LogP contribution in [0.2, 0.25) is 5.02 Å². The highest BCUT2D eigenvalue weighted by Gasteiger charge is 2.06. The minimum atomic E-state index is -0.130. The molecule has 24 heavy (non-hydrogen) atoms. The van der Waals surface area contributed by atoms with Gasteiger partial charge in [0.25, 0.3) is 5.56 Å². The number of aromatic nitrogens is 2. The number of nitrogens with one attached hydrogen (secondary N) is 1. The van der Waals surface area contributed by atoms with Crippen LogP contribution in [0.1, 0.15) is 0 Å². The SMILES string of the molecule is COc1ccc2c(=O)n(CNc3ccc(OC)c(Cl)c3)cnc2c1. The lowest BCUT2D eigenvalue weighted by molar-refractivity contribution is 0.415. The summed E-state index contributed by atoms with van der Waals surface area (Å²) in [5.41, 5.74) is 1.25. The lowest BCUT2D eigenvalue weighted by Gasteiger charge is -2.11. The summed E-state index contributed by atoms with van der Waals surface area (Å²) in [6.07, 6.45) is 1.50. The minimum Gasteiger partial charge on any atom is -0.497 e. The fourth-order valence-corrected chi connectivity index (χ4v) is 2.59. The molecule has 3 rings (SSSR count). The standard InChI is InChI=1S/C17H16ClN3O3/c1-23-12-4-5-13-15(8-12)20-10-21(17(13)22)9-19-11-3-6-16(24-2)14(18)7-11/h3-8,10,19H,9H2,1-2H3. The number of rotatable bonds is 5. The Morgan fingerprint density at radius 1 is 1.17 bits per heavy atom. The number of ether oxygens (including phenoxy) is 2. The van der Waals surface area contributed by atoms with Crippen molar-refractivity contribution < 1.29 is 9.47 Å². The van der Waals surface area contributed by atoms with Crippen molar-refractivity contribution in [1.29, 1.82) is 0 Å². The first-order chi connectivity index (χ1) is 11.6. The number of anilines is 1. The average Bonchev–Trinajstić information content (AvgIpc) is 2.61. The molecule has 124 valence electrons. The molecule has 0 amide bonds. The summed E-state index contributed by atoms with van der Waals surface area (Å²) in [6, 6.07) is 10.5. The summed E-state index contributed by atoms with van der Waals surface area (Å²) in [7, 11) is 3.13. The number of benzene rings is 2. The van der Waals surface area contributed by atoms with Crippen LogP contribution in [0.25, 0.3) is 10.9 Å². The van der Waals surface area contributed by atoms with Crippen LogP contribution in [-0.2, 0) is 6.67 Å². The number of fused-ring (bicyclic) bond motifs is 1. The lowest BCUT2D eigenvalue weighted by atomic mass is 10.2. The normalized spacial score (nSPS) is 10.6. The molecular formula is C17H16ClN3O3. The fourth-order valence-electron chi connectivity index (χ4n) is 2.33. The van der Waals surface area contributed by atoms with E-state index in [1.165, 1.54) is 10.9 Å². The molecule has 0 saturated heterocycles. The van der Waals surface area contributed by atoms with Gasteiger partial charge >= 0.3 is 0 Å². The first-order valence-electron chi connectivity index (χ1n) is 7.23. The highest BCUT2D eigenvalue weighted by atomic mass is 35.5. The van der Waals surface area contributed by atoms with Crippen LogP contribution in [0.4, 0.5) is 5.69 Å². The second-order valence-electron chi connectivity index (χ2n) is 5.09. The van der Waals surface area contributed by atoms with E-state index >= 15 is 0 Å². The van der Waals surface area contributed by atoms with Gasteiger partial charge in [-0.1, -0.05) is 11.6 Å². The molecule has 1 heterocycles. The molecule has 3 aromatic rings. The maximum atomic E-state index is 12.5. The van der Waals surface area contributed by atoms with E-state index < -0.39 is 0 Å². The van der Waals surface area contributed by atoms with Crippen molar-refractivity contribution in [1.82, 2.24) is 9.55 Å². The summed E-state index contributed by atoms with van der Waals surface area (Å²) in [6.45, 7) is 0.274. The maximum absolute atomic E-state index is 12.5. The summed E-state index contributed by atoms with van der Waals surface area (Å²) >= 11 is 6.09. The topological polar surface area (TPSA) is 65.4 Å². The highest BCUT2D eigenvalue weighted by Crippen LogP contribution is 2.27. The van der Waals surface area contributed by atoms with Crippen LogP contribution in [0.5, 0.6) is 11.5 Å². The molecule has 0 aliphatic carbocycles. The van der Waals surface area contributed by atoms with E-state index in [0.717, 1.165) is 5.69 Å². The number of hydrogen-bond donors (Lipinski definition) is 1. The molecule has 0 unspecified atom stereocenters. The van der Waals surface area contributed by atoms with Crippen LogP contribution in [0.3, 0.4) is 0 Å². The van der Waals surface area contributed by atoms with Gasteiger partial charge in [0.1, 0.15) is 11.5 Å². The van der Waals surface area contributed by atoms with E-state index in [1.807, 2.05) is 6.07 Å². The Morgan fingerprint density at radius 3 is 2.71 bits per heavy atom. The van der Waals surface area contributed by atoms with E-state index in [2.05, 4.69) is 10.3 Å². The van der Waals surface area contributed by atoms with Crippen LogP contribution in [-0.4, -0.2) is 23.8 Å². The molecule has 1 N–H and O–H groups in total. The molecule has 0 radical (unpaired) electrons. The molecule has 7 heteroatoms. The molecule has 1 aromatic heterocycles. The summed E-state index contributed by atoms with van der Waals surface area (Å²) in [5.74, 6) is 1.26. The molecule has 0 aliphatic rings. The Morgan fingerprint density at radius 2 is 2.00 bits per heavy atom. The van der Waals surface area contributed by atoms with Crippen molar-refractivity contribution in [2.24, 2.45) is 0 Å². The van der Waals surface area contributed by atoms with Crippen molar-refractivity contribution in [3.05, 3.63) is 58.1 Å². The number of halogens is 1. The Labute approximate surface area is 143 Å². The summed E-state index contributed by atoms with van der Waals surface area (Å²) in [5, 5.41) is 4.17. The molecule has 0 spiro atoms. The molecule has 0 bridgehead atoms. The smallest absolute Gasteiger partial charge is 0.262 e. The largest absolute Gasteiger partial charge is 0.497 e. The third kappa shape index (κ3) is 3.14. The predicted octanol–water partition coefficient (Wildman–Crippen LogP) is 3.14. The van der Waals surface area contributed by atoms with E-state index in [-0.39, 0.29) is 12.2 Å². The maximum Gasteiger partial charge on any atom is 0.262 e. The molecule has 2 aromatic carbocycles. The Hall–Kier alpha value is -2.73. The van der Waals surface area contributed by atoms with Gasteiger partial charge in [-0.15, -0.1) is 0 Å². The van der Waals surface area contributed by atoms with Crippen molar-refractivity contribution >= 4 is 28.2 Å². The average molecular weight is 346 g/mol. The quantitative estimate of drug-likeness (QED) is 0.769. The first-order valence-corrected chi connectivity index (χ1v) is 7.61. The van der Waals surface area contributed by atoms with E-state index in [4.69, 9.17) is 21.1 Å². The Kier molecular flexibility index (Phi) is 4.57. The summed E-state index contributed by atoms with van der Waals surface area (Å²) < 4.78 is 11.8. The highest BCUT2D eigenvalue weighted by molar-refractivity contribution is 6.32. The van der Waals surface area contributed by atoms with Gasteiger partial charge in [-0.25, -0.2) is 4.98 Å². The molecule has 0 saturated carbocycles. The van der Waals surface area contributed by atoms with Crippen molar-refractivity contribution in [2.75, 3.05) is 19.5 Å². The summed E-state index contributed by atoms with van der Waals surface area (Å²) in [4.78, 5) is 16.8. The zero-order chi connectivity index (χ0) is 17.1. The monoisotopic (exact) mass is 345 g/mol. The molecule has 0 atom stereocenters. The van der Waals surface area contributed by atoms with Crippen LogP contribution >= 0.6 is 11.6 Å². The van der Waals surface area contributed by atoms with Gasteiger partial charge in [-0.2, -0.15) is 0 Å². The third-order valence-electron chi connectivity index (χ3n) is 3.64. The number of hydrogen-bond acceptors (Lipinski definition) is 5. The Balaban J connectivity index is 1.84. The fraction of sp³-hybridized carbons (Fsp3) is 0.176. The van der Waals surface area contributed by atoms with Gasteiger partial charge in [0.2, 0.25) is 0 Å². The van der Waals surface area contributed by atoms with E-state index in [9.17, 15) is 4.79 Å². The van der Waals surface area contributed by atoms with Crippen molar-refractivity contribution in [2.45, 2.75) is 6.67 Å². The second-order valence-corrected chi connectivity index (χ2v) is 5.49. The number of methoxy groups -OCH3 is 2. The molecule has 6 nitrogen and oxygen atoms in total. The molecular weight excluding hydrogens is 330 g/mol. The second kappa shape index (κ2) is 6.80. The van der Waals surface area contributed by atoms with Crippen LogP contribution < -0.4 is 20.3 Å². The molecule has 0 fully saturated rings. The van der Waals surface area contributed by atoms with Gasteiger partial charge in [-0.3, -0.25) is 9.36 Å². The van der Waals surface area contributed by atoms with E-state index in [0.29, 0.717) is 27.4 Å². The Bertz CT molecular complexity index is 940. The lowest BCUT2D eigenvalue weighted by Crippen LogP contribution is -2.24. The van der Waals surface area contributed by atoms with Gasteiger partial charge in [0.15, 0.2) is 0 Å². The predicted molar refractivity (Wildman–Crippen MR) is 94.2 cm³/mol. The van der Waals surface area contributed by atoms with Gasteiger partial charge in [0, 0.05) is 11.8 Å². The minimum absolute atomic E-state index is 0.130. The third-order valence-corrected chi connectivity index (χ3v) is 3.93. The zero-order valence-electron chi connectivity index (χ0n) is 13.2. The van der Waals surface area contributed by atoms with Gasteiger partial charge in [-0.05, 0) is 30.3 Å². The first kappa shape index (κ1) is 16.1. The van der Waals surface area contributed by atoms with E-state index in [1.54, 1.807) is 44.6 Å². The number of nitrogens with zero attached hydrogens (tertiary/aromatic N) is 2. The van der Waals surface area contributed by atoms with Crippen molar-refractivity contribution in [3.8, 4) is 11.5 Å². The zero-order valence-corrected chi connectivity index (χ0v) is 14.0. The molecule has 0 aliphatic heterocycles. The van der Waals surface area contributed by atoms with Gasteiger partial charge in [0.05, 0.1) is 43.1 Å². The van der Waals surface area contributed by atoms with Crippen LogP contribution in [0, 0.1) is 0 Å². The van der Waals surface area contributed by atoms with Crippen LogP contribution in [0.15, 0.2) is 47.5 Å². The van der Waals surface area contributed by atoms with Gasteiger partial charge < -0.3 is 14.8 Å². The van der Waals surface area contributed by atoms with Crippen molar-refractivity contribution in [3.63, 3.8) is 0 Å².